The highest BCUT2D eigenvalue weighted by molar-refractivity contribution is 9.10. The summed E-state index contributed by atoms with van der Waals surface area (Å²) in [5.74, 6) is -0.744. The van der Waals surface area contributed by atoms with Crippen LogP contribution in [0.1, 0.15) is 36.7 Å². The van der Waals surface area contributed by atoms with Gasteiger partial charge >= 0.3 is 16.4 Å². The van der Waals surface area contributed by atoms with E-state index in [2.05, 4.69) is 15.9 Å². The number of halogens is 1. The Hall–Kier alpha value is -2.42. The van der Waals surface area contributed by atoms with E-state index in [0.717, 1.165) is 4.31 Å². The first-order valence-electron chi connectivity index (χ1n) is 10.4. The first kappa shape index (κ1) is 26.2. The summed E-state index contributed by atoms with van der Waals surface area (Å²) in [5, 5.41) is 0. The van der Waals surface area contributed by atoms with Gasteiger partial charge in [-0.05, 0) is 54.4 Å². The molecule has 3 N–H and O–H groups in total. The van der Waals surface area contributed by atoms with E-state index >= 15 is 0 Å². The van der Waals surface area contributed by atoms with Gasteiger partial charge in [-0.25, -0.2) is 4.79 Å². The monoisotopic (exact) mass is 562 g/mol. The molecule has 1 atom stereocenters. The third-order valence-electron chi connectivity index (χ3n) is 5.19. The van der Waals surface area contributed by atoms with Crippen LogP contribution in [-0.4, -0.2) is 89.4 Å². The Kier molecular flexibility index (Phi) is 7.45. The molecule has 2 aliphatic heterocycles. The molecule has 1 aromatic carbocycles. The van der Waals surface area contributed by atoms with Gasteiger partial charge in [-0.2, -0.15) is 12.7 Å². The third kappa shape index (κ3) is 6.17. The summed E-state index contributed by atoms with van der Waals surface area (Å²) < 4.78 is 46.0. The molecule has 188 valence electrons. The van der Waals surface area contributed by atoms with Gasteiger partial charge in [-0.3, -0.25) is 14.1 Å². The first-order valence-corrected chi connectivity index (χ1v) is 12.6. The van der Waals surface area contributed by atoms with E-state index in [1.54, 1.807) is 26.8 Å². The predicted octanol–water partition coefficient (Wildman–Crippen LogP) is 0.993. The van der Waals surface area contributed by atoms with Gasteiger partial charge in [-0.1, -0.05) is 0 Å². The van der Waals surface area contributed by atoms with Crippen LogP contribution < -0.4 is 10.5 Å². The van der Waals surface area contributed by atoms with Crippen LogP contribution in [0.4, 0.5) is 4.79 Å². The van der Waals surface area contributed by atoms with E-state index in [1.807, 2.05) is 0 Å². The van der Waals surface area contributed by atoms with Gasteiger partial charge in [0.15, 0.2) is 0 Å². The van der Waals surface area contributed by atoms with Crippen LogP contribution in [0.2, 0.25) is 0 Å². The molecular formula is C20H27BrN4O8S. The van der Waals surface area contributed by atoms with Crippen molar-refractivity contribution in [2.75, 3.05) is 32.8 Å². The molecule has 1 saturated heterocycles. The standard InChI is InChI=1S/C20H27BrN4O8S/c1-20(2,3)33-19(28)23-4-5-25(34(29,30)31)13(9-23)11-32-16-7-14-12(6-15(16)21)8-24(18(14)27)10-17(22)26/h6-7,13H,4-5,8-11H2,1-3H3,(H2,22,26)(H,29,30,31). The highest BCUT2D eigenvalue weighted by atomic mass is 79.9. The van der Waals surface area contributed by atoms with E-state index in [0.29, 0.717) is 15.6 Å². The average molecular weight is 563 g/mol. The quantitative estimate of drug-likeness (QED) is 0.485. The fourth-order valence-electron chi connectivity index (χ4n) is 3.76. The normalized spacial score (nSPS) is 19.2. The van der Waals surface area contributed by atoms with Crippen LogP contribution in [-0.2, 0) is 26.4 Å². The van der Waals surface area contributed by atoms with E-state index in [-0.39, 0.29) is 51.0 Å². The van der Waals surface area contributed by atoms with Gasteiger partial charge in [0, 0.05) is 31.7 Å². The molecule has 2 heterocycles. The van der Waals surface area contributed by atoms with Gasteiger partial charge in [0.1, 0.15) is 18.0 Å². The Balaban J connectivity index is 1.76. The molecule has 12 nitrogen and oxygen atoms in total. The summed E-state index contributed by atoms with van der Waals surface area (Å²) in [6.45, 7) is 4.78. The van der Waals surface area contributed by atoms with Crippen molar-refractivity contribution in [3.8, 4) is 5.75 Å². The van der Waals surface area contributed by atoms with Crippen LogP contribution in [0.3, 0.4) is 0 Å². The number of primary amides is 1. The zero-order valence-electron chi connectivity index (χ0n) is 19.0. The third-order valence-corrected chi connectivity index (χ3v) is 6.88. The lowest BCUT2D eigenvalue weighted by Crippen LogP contribution is -2.58. The van der Waals surface area contributed by atoms with E-state index in [9.17, 15) is 27.4 Å². The van der Waals surface area contributed by atoms with Crippen molar-refractivity contribution >= 4 is 44.1 Å². The lowest BCUT2D eigenvalue weighted by Gasteiger charge is -2.39. The van der Waals surface area contributed by atoms with Crippen molar-refractivity contribution in [2.24, 2.45) is 5.73 Å². The van der Waals surface area contributed by atoms with Crippen molar-refractivity contribution < 1.29 is 36.8 Å². The number of hydrogen-bond acceptors (Lipinski definition) is 7. The number of fused-ring (bicyclic) bond motifs is 1. The van der Waals surface area contributed by atoms with Crippen molar-refractivity contribution in [1.29, 1.82) is 0 Å². The number of rotatable bonds is 6. The summed E-state index contributed by atoms with van der Waals surface area (Å²) >= 11 is 3.38. The Morgan fingerprint density at radius 3 is 2.53 bits per heavy atom. The minimum atomic E-state index is -4.55. The maximum Gasteiger partial charge on any atom is 0.410 e. The Morgan fingerprint density at radius 2 is 1.94 bits per heavy atom. The van der Waals surface area contributed by atoms with Crippen molar-refractivity contribution in [1.82, 2.24) is 14.1 Å². The van der Waals surface area contributed by atoms with Gasteiger partial charge in [0.05, 0.1) is 17.1 Å². The van der Waals surface area contributed by atoms with E-state index < -0.39 is 33.9 Å². The summed E-state index contributed by atoms with van der Waals surface area (Å²) in [4.78, 5) is 38.9. The second-order valence-corrected chi connectivity index (χ2v) is 11.3. The van der Waals surface area contributed by atoms with Gasteiger partial charge < -0.3 is 25.0 Å². The number of nitrogens with two attached hydrogens (primary N) is 1. The fourth-order valence-corrected chi connectivity index (χ4v) is 5.08. The zero-order chi connectivity index (χ0) is 25.4. The van der Waals surface area contributed by atoms with Crippen LogP contribution in [0, 0.1) is 0 Å². The molecule has 0 radical (unpaired) electrons. The Bertz CT molecular complexity index is 1100. The van der Waals surface area contributed by atoms with E-state index in [1.165, 1.54) is 15.9 Å². The van der Waals surface area contributed by atoms with Crippen molar-refractivity contribution in [3.05, 3.63) is 27.7 Å². The molecule has 1 fully saturated rings. The number of amides is 3. The molecule has 2 aliphatic rings. The Morgan fingerprint density at radius 1 is 1.26 bits per heavy atom. The van der Waals surface area contributed by atoms with Crippen LogP contribution in [0.25, 0.3) is 0 Å². The second kappa shape index (κ2) is 9.68. The SMILES string of the molecule is CC(C)(C)OC(=O)N1CCN(S(=O)(=O)O)C(COc2cc3c(cc2Br)CN(CC(N)=O)C3=O)C1. The van der Waals surface area contributed by atoms with Crippen LogP contribution in [0.5, 0.6) is 5.75 Å². The van der Waals surface area contributed by atoms with Gasteiger partial charge in [-0.15, -0.1) is 0 Å². The average Bonchev–Trinajstić information content (AvgIpc) is 2.97. The molecule has 34 heavy (non-hydrogen) atoms. The van der Waals surface area contributed by atoms with Gasteiger partial charge in [0.25, 0.3) is 5.91 Å². The number of nitrogens with zero attached hydrogens (tertiary/aromatic N) is 3. The lowest BCUT2D eigenvalue weighted by atomic mass is 10.1. The summed E-state index contributed by atoms with van der Waals surface area (Å²) in [6, 6.07) is 2.27. The highest BCUT2D eigenvalue weighted by Gasteiger charge is 2.38. The maximum absolute atomic E-state index is 12.6. The maximum atomic E-state index is 12.6. The zero-order valence-corrected chi connectivity index (χ0v) is 21.4. The summed E-state index contributed by atoms with van der Waals surface area (Å²) in [6.07, 6.45) is -0.605. The minimum Gasteiger partial charge on any atom is -0.491 e. The minimum absolute atomic E-state index is 0.0396. The molecule has 0 saturated carbocycles. The number of hydrogen-bond donors (Lipinski definition) is 2. The number of benzene rings is 1. The highest BCUT2D eigenvalue weighted by Crippen LogP contribution is 2.34. The first-order chi connectivity index (χ1) is 15.7. The number of carbonyl (C=O) groups excluding carboxylic acids is 3. The predicted molar refractivity (Wildman–Crippen MR) is 123 cm³/mol. The Labute approximate surface area is 205 Å². The molecular weight excluding hydrogens is 536 g/mol. The molecule has 0 bridgehead atoms. The molecule has 0 aromatic heterocycles. The molecule has 1 unspecified atom stereocenters. The molecule has 14 heteroatoms. The second-order valence-electron chi connectivity index (χ2n) is 9.05. The number of ether oxygens (including phenoxy) is 2. The molecule has 0 spiro atoms. The van der Waals surface area contributed by atoms with Gasteiger partial charge in [0.2, 0.25) is 5.91 Å². The number of piperazine rings is 1. The number of carbonyl (C=O) groups is 3. The van der Waals surface area contributed by atoms with Crippen LogP contribution >= 0.6 is 15.9 Å². The molecule has 3 amide bonds. The largest absolute Gasteiger partial charge is 0.491 e. The molecule has 0 aliphatic carbocycles. The van der Waals surface area contributed by atoms with E-state index in [4.69, 9.17) is 15.2 Å². The lowest BCUT2D eigenvalue weighted by molar-refractivity contribution is -0.118. The smallest absolute Gasteiger partial charge is 0.410 e. The molecule has 1 aromatic rings. The van der Waals surface area contributed by atoms with Crippen molar-refractivity contribution in [3.63, 3.8) is 0 Å². The topological polar surface area (TPSA) is 160 Å². The van der Waals surface area contributed by atoms with Crippen LogP contribution in [0.15, 0.2) is 16.6 Å². The van der Waals surface area contributed by atoms with Crippen molar-refractivity contribution in [2.45, 2.75) is 39.0 Å². The summed E-state index contributed by atoms with van der Waals surface area (Å²) in [5.41, 5.74) is 5.48. The molecule has 3 rings (SSSR count). The summed E-state index contributed by atoms with van der Waals surface area (Å²) in [7, 11) is -4.55. The fraction of sp³-hybridized carbons (Fsp3) is 0.550.